The highest BCUT2D eigenvalue weighted by Crippen LogP contribution is 2.36. The summed E-state index contributed by atoms with van der Waals surface area (Å²) < 4.78 is 25.8. The first kappa shape index (κ1) is 9.09. The van der Waals surface area contributed by atoms with Crippen molar-refractivity contribution >= 4 is 27.3 Å². The minimum absolute atomic E-state index is 0.148. The standard InChI is InChI=1S/C6H5BrF2OS/c7-5-4(1-2-11-5)6(8,9)3-10/h1-2,10H,3H2. The molecule has 0 aliphatic carbocycles. The lowest BCUT2D eigenvalue weighted by Crippen LogP contribution is -2.17. The van der Waals surface area contributed by atoms with Crippen LogP contribution in [-0.4, -0.2) is 11.7 Å². The lowest BCUT2D eigenvalue weighted by Gasteiger charge is -2.11. The van der Waals surface area contributed by atoms with Gasteiger partial charge in [0.15, 0.2) is 0 Å². The maximum atomic E-state index is 12.7. The van der Waals surface area contributed by atoms with E-state index in [1.165, 1.54) is 17.4 Å². The fraction of sp³-hybridized carbons (Fsp3) is 0.333. The number of hydrogen-bond donors (Lipinski definition) is 1. The first-order chi connectivity index (χ1) is 5.08. The Bertz CT molecular complexity index is 248. The van der Waals surface area contributed by atoms with Crippen LogP contribution in [0.2, 0.25) is 0 Å². The molecule has 0 amide bonds. The second kappa shape index (κ2) is 3.16. The van der Waals surface area contributed by atoms with Crippen molar-refractivity contribution in [1.29, 1.82) is 0 Å². The van der Waals surface area contributed by atoms with Gasteiger partial charge < -0.3 is 5.11 Å². The van der Waals surface area contributed by atoms with Gasteiger partial charge in [-0.2, -0.15) is 8.78 Å². The molecule has 1 aromatic heterocycles. The molecule has 1 nitrogen and oxygen atoms in total. The maximum Gasteiger partial charge on any atom is 0.297 e. The van der Waals surface area contributed by atoms with Crippen LogP contribution >= 0.6 is 27.3 Å². The summed E-state index contributed by atoms with van der Waals surface area (Å²) in [6.45, 7) is -1.15. The van der Waals surface area contributed by atoms with Gasteiger partial charge in [-0.05, 0) is 27.4 Å². The molecular formula is C6H5BrF2OS. The predicted molar refractivity (Wildman–Crippen MR) is 43.0 cm³/mol. The van der Waals surface area contributed by atoms with Crippen molar-refractivity contribution in [2.75, 3.05) is 6.61 Å². The lowest BCUT2D eigenvalue weighted by atomic mass is 10.2. The molecule has 1 aromatic rings. The topological polar surface area (TPSA) is 20.2 Å². The SMILES string of the molecule is OCC(F)(F)c1ccsc1Br. The van der Waals surface area contributed by atoms with Gasteiger partial charge in [-0.1, -0.05) is 0 Å². The third kappa shape index (κ3) is 1.77. The number of rotatable bonds is 2. The zero-order chi connectivity index (χ0) is 8.48. The summed E-state index contributed by atoms with van der Waals surface area (Å²) in [6.07, 6.45) is 0. The molecule has 0 aliphatic heterocycles. The number of halogens is 3. The lowest BCUT2D eigenvalue weighted by molar-refractivity contribution is -0.0558. The van der Waals surface area contributed by atoms with E-state index in [2.05, 4.69) is 15.9 Å². The molecule has 5 heteroatoms. The quantitative estimate of drug-likeness (QED) is 0.846. The van der Waals surface area contributed by atoms with Gasteiger partial charge in [-0.15, -0.1) is 11.3 Å². The van der Waals surface area contributed by atoms with Gasteiger partial charge >= 0.3 is 0 Å². The molecule has 1 rings (SSSR count). The average molecular weight is 243 g/mol. The molecule has 0 saturated heterocycles. The molecule has 0 aliphatic rings. The molecule has 0 spiro atoms. The molecule has 1 heterocycles. The summed E-state index contributed by atoms with van der Waals surface area (Å²) in [5, 5.41) is 9.87. The van der Waals surface area contributed by atoms with E-state index in [-0.39, 0.29) is 5.56 Å². The number of thiophene rings is 1. The van der Waals surface area contributed by atoms with E-state index in [1.807, 2.05) is 0 Å². The van der Waals surface area contributed by atoms with E-state index < -0.39 is 12.5 Å². The summed E-state index contributed by atoms with van der Waals surface area (Å²) in [5.74, 6) is -3.13. The normalized spacial score (nSPS) is 12.0. The Morgan fingerprint density at radius 1 is 1.64 bits per heavy atom. The largest absolute Gasteiger partial charge is 0.390 e. The van der Waals surface area contributed by atoms with E-state index in [0.717, 1.165) is 0 Å². The first-order valence-electron chi connectivity index (χ1n) is 2.80. The molecule has 0 bridgehead atoms. The summed E-state index contributed by atoms with van der Waals surface area (Å²) in [5.41, 5.74) is -0.148. The Morgan fingerprint density at radius 2 is 2.27 bits per heavy atom. The number of hydrogen-bond acceptors (Lipinski definition) is 2. The van der Waals surface area contributed by atoms with Crippen molar-refractivity contribution in [2.24, 2.45) is 0 Å². The van der Waals surface area contributed by atoms with E-state index in [9.17, 15) is 8.78 Å². The molecule has 0 aromatic carbocycles. The Labute approximate surface area is 74.8 Å². The predicted octanol–water partition coefficient (Wildman–Crippen LogP) is 2.59. The van der Waals surface area contributed by atoms with Gasteiger partial charge in [0.05, 0.1) is 3.79 Å². The molecule has 11 heavy (non-hydrogen) atoms. The Hall–Kier alpha value is -0.000000000000000111. The van der Waals surface area contributed by atoms with Crippen molar-refractivity contribution in [3.8, 4) is 0 Å². The average Bonchev–Trinajstić information content (AvgIpc) is 2.36. The smallest absolute Gasteiger partial charge is 0.297 e. The highest BCUT2D eigenvalue weighted by Gasteiger charge is 2.33. The fourth-order valence-corrected chi connectivity index (χ4v) is 2.06. The molecule has 0 fully saturated rings. The van der Waals surface area contributed by atoms with Crippen LogP contribution < -0.4 is 0 Å². The van der Waals surface area contributed by atoms with Crippen molar-refractivity contribution in [3.63, 3.8) is 0 Å². The van der Waals surface area contributed by atoms with Crippen molar-refractivity contribution in [3.05, 3.63) is 20.8 Å². The first-order valence-corrected chi connectivity index (χ1v) is 4.47. The van der Waals surface area contributed by atoms with Gasteiger partial charge in [-0.3, -0.25) is 0 Å². The van der Waals surface area contributed by atoms with E-state index >= 15 is 0 Å². The molecule has 62 valence electrons. The zero-order valence-electron chi connectivity index (χ0n) is 5.35. The highest BCUT2D eigenvalue weighted by molar-refractivity contribution is 9.11. The van der Waals surface area contributed by atoms with Gasteiger partial charge in [0, 0.05) is 5.56 Å². The summed E-state index contributed by atoms with van der Waals surface area (Å²) in [4.78, 5) is 0. The number of alkyl halides is 2. The van der Waals surface area contributed by atoms with E-state index in [4.69, 9.17) is 5.11 Å². The highest BCUT2D eigenvalue weighted by atomic mass is 79.9. The van der Waals surface area contributed by atoms with Gasteiger partial charge in [0.25, 0.3) is 5.92 Å². The third-order valence-corrected chi connectivity index (χ3v) is 2.90. The monoisotopic (exact) mass is 242 g/mol. The number of aliphatic hydroxyl groups excluding tert-OH is 1. The van der Waals surface area contributed by atoms with Crippen molar-refractivity contribution in [1.82, 2.24) is 0 Å². The van der Waals surface area contributed by atoms with Crippen LogP contribution in [0.15, 0.2) is 15.2 Å². The summed E-state index contributed by atoms with van der Waals surface area (Å²) in [6, 6.07) is 1.30. The van der Waals surface area contributed by atoms with Crippen LogP contribution in [0, 0.1) is 0 Å². The number of aliphatic hydroxyl groups is 1. The third-order valence-electron chi connectivity index (χ3n) is 1.21. The minimum Gasteiger partial charge on any atom is -0.390 e. The molecule has 0 unspecified atom stereocenters. The van der Waals surface area contributed by atoms with Crippen LogP contribution in [0.25, 0.3) is 0 Å². The zero-order valence-corrected chi connectivity index (χ0v) is 7.75. The molecule has 1 N–H and O–H groups in total. The van der Waals surface area contributed by atoms with Crippen molar-refractivity contribution in [2.45, 2.75) is 5.92 Å². The van der Waals surface area contributed by atoms with Crippen LogP contribution in [0.1, 0.15) is 5.56 Å². The second-order valence-electron chi connectivity index (χ2n) is 1.97. The Balaban J connectivity index is 3.00. The van der Waals surface area contributed by atoms with E-state index in [1.54, 1.807) is 5.38 Å². The summed E-state index contributed by atoms with van der Waals surface area (Å²) in [7, 11) is 0. The molecule has 0 saturated carbocycles. The van der Waals surface area contributed by atoms with Crippen LogP contribution in [0.3, 0.4) is 0 Å². The minimum atomic E-state index is -3.13. The van der Waals surface area contributed by atoms with Gasteiger partial charge in [0.1, 0.15) is 6.61 Å². The molecular weight excluding hydrogens is 238 g/mol. The maximum absolute atomic E-state index is 12.7. The van der Waals surface area contributed by atoms with Crippen LogP contribution in [0.5, 0.6) is 0 Å². The Morgan fingerprint density at radius 3 is 2.64 bits per heavy atom. The van der Waals surface area contributed by atoms with E-state index in [0.29, 0.717) is 3.79 Å². The Kier molecular flexibility index (Phi) is 2.61. The molecule has 0 radical (unpaired) electrons. The summed E-state index contributed by atoms with van der Waals surface area (Å²) >= 11 is 4.14. The second-order valence-corrected chi connectivity index (χ2v) is 4.20. The van der Waals surface area contributed by atoms with Crippen LogP contribution in [-0.2, 0) is 5.92 Å². The van der Waals surface area contributed by atoms with Crippen LogP contribution in [0.4, 0.5) is 8.78 Å². The van der Waals surface area contributed by atoms with Crippen molar-refractivity contribution < 1.29 is 13.9 Å². The molecule has 0 atom stereocenters. The van der Waals surface area contributed by atoms with Gasteiger partial charge in [0.2, 0.25) is 0 Å². The van der Waals surface area contributed by atoms with Gasteiger partial charge in [-0.25, -0.2) is 0 Å². The fourth-order valence-electron chi connectivity index (χ4n) is 0.642.